The van der Waals surface area contributed by atoms with Gasteiger partial charge in [-0.3, -0.25) is 0 Å². The van der Waals surface area contributed by atoms with Crippen LogP contribution in [-0.2, 0) is 0 Å². The molecular formula is C34H20. The summed E-state index contributed by atoms with van der Waals surface area (Å²) in [6.07, 6.45) is 0. The molecule has 8 aromatic carbocycles. The van der Waals surface area contributed by atoms with Crippen LogP contribution in [0, 0.1) is 0 Å². The summed E-state index contributed by atoms with van der Waals surface area (Å²) in [5.74, 6) is 0. The molecular weight excluding hydrogens is 408 g/mol. The highest BCUT2D eigenvalue weighted by molar-refractivity contribution is 6.25. The van der Waals surface area contributed by atoms with Crippen molar-refractivity contribution in [3.8, 4) is 11.1 Å². The van der Waals surface area contributed by atoms with Crippen molar-refractivity contribution in [1.82, 2.24) is 0 Å². The minimum Gasteiger partial charge on any atom is -0.0616 e. The zero-order chi connectivity index (χ0) is 30.1. The molecule has 0 spiro atoms. The Bertz CT molecular complexity index is 2460. The van der Waals surface area contributed by atoms with Gasteiger partial charge in [0.2, 0.25) is 0 Å². The third-order valence-corrected chi connectivity index (χ3v) is 6.77. The molecule has 0 atom stereocenters. The van der Waals surface area contributed by atoms with E-state index in [1.165, 1.54) is 0 Å². The van der Waals surface area contributed by atoms with E-state index < -0.39 is 18.1 Å². The second-order valence-corrected chi connectivity index (χ2v) is 8.60. The van der Waals surface area contributed by atoms with Crippen molar-refractivity contribution in [3.05, 3.63) is 121 Å². The molecule has 0 aliphatic rings. The summed E-state index contributed by atoms with van der Waals surface area (Å²) >= 11 is 0. The topological polar surface area (TPSA) is 0 Å². The van der Waals surface area contributed by atoms with E-state index in [4.69, 9.17) is 9.60 Å². The fourth-order valence-corrected chi connectivity index (χ4v) is 5.28. The van der Waals surface area contributed by atoms with Crippen molar-refractivity contribution >= 4 is 64.6 Å². The van der Waals surface area contributed by atoms with Crippen LogP contribution in [0.3, 0.4) is 0 Å². The van der Waals surface area contributed by atoms with E-state index in [0.717, 1.165) is 32.3 Å². The van der Waals surface area contributed by atoms with Gasteiger partial charge >= 0.3 is 0 Å². The van der Waals surface area contributed by atoms with E-state index in [1.807, 2.05) is 60.7 Å². The number of hydrogen-bond acceptors (Lipinski definition) is 0. The zero-order valence-electron chi connectivity index (χ0n) is 26.9. The van der Waals surface area contributed by atoms with Crippen molar-refractivity contribution in [3.63, 3.8) is 0 Å². The molecule has 0 aliphatic heterocycles. The first-order valence-electron chi connectivity index (χ1n) is 15.6. The highest BCUT2D eigenvalue weighted by atomic mass is 14.2. The summed E-state index contributed by atoms with van der Waals surface area (Å²) in [4.78, 5) is 0. The van der Waals surface area contributed by atoms with Gasteiger partial charge in [0.05, 0.1) is 12.3 Å². The van der Waals surface area contributed by atoms with Gasteiger partial charge < -0.3 is 0 Å². The first-order valence-corrected chi connectivity index (χ1v) is 11.1. The van der Waals surface area contributed by atoms with Crippen LogP contribution in [0.25, 0.3) is 75.8 Å². The van der Waals surface area contributed by atoms with Crippen LogP contribution in [0.1, 0.15) is 12.3 Å². The molecule has 0 nitrogen and oxygen atoms in total. The molecule has 156 valence electrons. The lowest BCUT2D eigenvalue weighted by molar-refractivity contribution is 1.73. The largest absolute Gasteiger partial charge is 0.0636 e. The summed E-state index contributed by atoms with van der Waals surface area (Å²) in [6.45, 7) is 0. The van der Waals surface area contributed by atoms with Crippen molar-refractivity contribution in [2.45, 2.75) is 0 Å². The second-order valence-electron chi connectivity index (χ2n) is 8.60. The van der Waals surface area contributed by atoms with E-state index >= 15 is 0 Å². The maximum atomic E-state index is 9.52. The lowest BCUT2D eigenvalue weighted by atomic mass is 9.87. The Morgan fingerprint density at radius 2 is 1.06 bits per heavy atom. The summed E-state index contributed by atoms with van der Waals surface area (Å²) < 4.78 is 80.2. The maximum Gasteiger partial charge on any atom is 0.0636 e. The lowest BCUT2D eigenvalue weighted by Crippen LogP contribution is -1.89. The SMILES string of the molecule is [2H]c1c([2H])c2c([2H])c([2H])c3c([2H])c(-c4c5ccccc5cc5c4ccc4ccccc45)c([2H])c4c([2H])c([2H])c(c1[2H])c2c34. The van der Waals surface area contributed by atoms with Crippen molar-refractivity contribution < 1.29 is 12.3 Å². The van der Waals surface area contributed by atoms with E-state index in [1.54, 1.807) is 0 Å². The fourth-order valence-electron chi connectivity index (χ4n) is 5.28. The number of rotatable bonds is 1. The van der Waals surface area contributed by atoms with Gasteiger partial charge in [0.15, 0.2) is 0 Å². The van der Waals surface area contributed by atoms with Crippen LogP contribution in [0.2, 0.25) is 0 Å². The maximum absolute atomic E-state index is 9.52. The van der Waals surface area contributed by atoms with E-state index in [2.05, 4.69) is 6.07 Å². The Morgan fingerprint density at radius 3 is 1.82 bits per heavy atom. The Kier molecular flexibility index (Phi) is 2.24. The standard InChI is InChI=1S/C34H20/c1-3-10-28-21(6-1)16-17-30-31(28)20-24-7-2-4-11-29(24)34(30)27-18-25-14-12-22-8-5-9-23-13-15-26(19-27)33(25)32(22)23/h1-20H/i5D,8D,9D,12D,13D,14D,15D,18D,19D. The molecule has 8 aromatic rings. The third-order valence-electron chi connectivity index (χ3n) is 6.77. The van der Waals surface area contributed by atoms with Crippen LogP contribution in [0.5, 0.6) is 0 Å². The van der Waals surface area contributed by atoms with Crippen molar-refractivity contribution in [2.75, 3.05) is 0 Å². The first kappa shape index (κ1) is 11.6. The predicted octanol–water partition coefficient (Wildman–Crippen LogP) is 9.71. The van der Waals surface area contributed by atoms with E-state index in [0.29, 0.717) is 5.56 Å². The number of fused-ring (bicyclic) bond motifs is 4. The minimum atomic E-state index is -0.487. The van der Waals surface area contributed by atoms with Crippen molar-refractivity contribution in [1.29, 1.82) is 0 Å². The molecule has 0 saturated heterocycles. The average molecular weight is 438 g/mol. The van der Waals surface area contributed by atoms with Crippen LogP contribution in [0.4, 0.5) is 0 Å². The Balaban J connectivity index is 1.69. The highest BCUT2D eigenvalue weighted by Gasteiger charge is 2.15. The van der Waals surface area contributed by atoms with Gasteiger partial charge in [0.1, 0.15) is 0 Å². The minimum absolute atomic E-state index is 0.0374. The molecule has 8 rings (SSSR count). The van der Waals surface area contributed by atoms with Crippen LogP contribution < -0.4 is 0 Å². The average Bonchev–Trinajstić information content (AvgIpc) is 3.00. The monoisotopic (exact) mass is 437 g/mol. The molecule has 0 N–H and O–H groups in total. The molecule has 0 unspecified atom stereocenters. The summed E-state index contributed by atoms with van der Waals surface area (Å²) in [5.41, 5.74) is 0.800. The Morgan fingerprint density at radius 1 is 0.441 bits per heavy atom. The number of hydrogen-bond donors (Lipinski definition) is 0. The quantitative estimate of drug-likeness (QED) is 0.177. The van der Waals surface area contributed by atoms with Gasteiger partial charge in [-0.15, -0.1) is 0 Å². The normalized spacial score (nSPS) is 15.8. The molecule has 0 radical (unpaired) electrons. The molecule has 34 heavy (non-hydrogen) atoms. The summed E-state index contributed by atoms with van der Waals surface area (Å²) in [7, 11) is 0. The summed E-state index contributed by atoms with van der Waals surface area (Å²) in [5, 5.41) is 5.66. The highest BCUT2D eigenvalue weighted by Crippen LogP contribution is 2.42. The van der Waals surface area contributed by atoms with Crippen LogP contribution >= 0.6 is 0 Å². The van der Waals surface area contributed by atoms with Gasteiger partial charge in [-0.2, -0.15) is 0 Å². The molecule has 0 saturated carbocycles. The zero-order valence-corrected chi connectivity index (χ0v) is 17.9. The van der Waals surface area contributed by atoms with Crippen molar-refractivity contribution in [2.24, 2.45) is 0 Å². The van der Waals surface area contributed by atoms with Gasteiger partial charge in [-0.1, -0.05) is 103 Å². The molecule has 0 aromatic heterocycles. The molecule has 0 heterocycles. The van der Waals surface area contributed by atoms with Gasteiger partial charge in [-0.25, -0.2) is 0 Å². The molecule has 0 heteroatoms. The molecule has 0 fully saturated rings. The molecule has 0 bridgehead atoms. The van der Waals surface area contributed by atoms with E-state index in [9.17, 15) is 2.74 Å². The van der Waals surface area contributed by atoms with Gasteiger partial charge in [-0.05, 0) is 93.9 Å². The fraction of sp³-hybridized carbons (Fsp3) is 0. The second kappa shape index (κ2) is 6.56. The van der Waals surface area contributed by atoms with Crippen LogP contribution in [0.15, 0.2) is 121 Å². The first-order chi connectivity index (χ1) is 20.6. The molecule has 0 aliphatic carbocycles. The van der Waals surface area contributed by atoms with Gasteiger partial charge in [0, 0.05) is 0 Å². The molecule has 0 amide bonds. The summed E-state index contributed by atoms with van der Waals surface area (Å²) in [6, 6.07) is 18.7. The van der Waals surface area contributed by atoms with Crippen LogP contribution in [-0.4, -0.2) is 0 Å². The Labute approximate surface area is 209 Å². The Hall–Kier alpha value is -4.42. The lowest BCUT2D eigenvalue weighted by Gasteiger charge is -2.16. The third kappa shape index (κ3) is 2.37. The van der Waals surface area contributed by atoms with E-state index in [-0.39, 0.29) is 74.1 Å². The smallest absolute Gasteiger partial charge is 0.0616 e. The number of benzene rings is 8. The van der Waals surface area contributed by atoms with Gasteiger partial charge in [0.25, 0.3) is 0 Å². The predicted molar refractivity (Wildman–Crippen MR) is 148 cm³/mol.